The molecule has 0 bridgehead atoms. The molecule has 0 saturated carbocycles. The van der Waals surface area contributed by atoms with Gasteiger partial charge in [-0.1, -0.05) is 26.7 Å². The van der Waals surface area contributed by atoms with Crippen LogP contribution in [0.4, 0.5) is 45.5 Å². The van der Waals surface area contributed by atoms with Gasteiger partial charge in [0.1, 0.15) is 12.5 Å². The van der Waals surface area contributed by atoms with Crippen molar-refractivity contribution >= 4 is 45.5 Å². The van der Waals surface area contributed by atoms with E-state index in [1.807, 2.05) is 113 Å². The quantitative estimate of drug-likeness (QED) is 0.0854. The molecule has 4 N–H and O–H groups in total. The number of aryl methyl sites for hydroxylation is 2. The van der Waals surface area contributed by atoms with E-state index in [-0.39, 0.29) is 0 Å². The highest BCUT2D eigenvalue weighted by Gasteiger charge is 2.06. The Morgan fingerprint density at radius 3 is 1.11 bits per heavy atom. The van der Waals surface area contributed by atoms with Crippen LogP contribution in [0, 0.1) is 13.8 Å². The summed E-state index contributed by atoms with van der Waals surface area (Å²) in [5.74, 6) is 0. The number of azo groups is 3. The van der Waals surface area contributed by atoms with Crippen LogP contribution in [0.5, 0.6) is 0 Å². The van der Waals surface area contributed by atoms with E-state index in [4.69, 9.17) is 0 Å². The first kappa shape index (κ1) is 32.1. The lowest BCUT2D eigenvalue weighted by Gasteiger charge is -2.14. The van der Waals surface area contributed by atoms with Crippen LogP contribution in [0.3, 0.4) is 0 Å². The molecule has 0 fully saturated rings. The molecule has 4 aromatic rings. The van der Waals surface area contributed by atoms with Gasteiger partial charge in [0.2, 0.25) is 0 Å². The van der Waals surface area contributed by atoms with Gasteiger partial charge in [-0.3, -0.25) is 0 Å². The Kier molecular flexibility index (Phi) is 11.8. The number of benzene rings is 4. The normalized spacial score (nSPS) is 13.1. The minimum absolute atomic E-state index is 0.562. The summed E-state index contributed by atoms with van der Waals surface area (Å²) in [7, 11) is 0. The van der Waals surface area contributed by atoms with Crippen LogP contribution in [-0.4, -0.2) is 22.7 Å². The van der Waals surface area contributed by atoms with Gasteiger partial charge in [0.15, 0.2) is 0 Å². The molecule has 0 spiro atoms. The van der Waals surface area contributed by atoms with E-state index in [2.05, 4.69) is 41.3 Å². The minimum atomic E-state index is -0.562. The Hall–Kier alpha value is -4.80. The van der Waals surface area contributed by atoms with Crippen LogP contribution >= 0.6 is 0 Å². The first-order valence-electron chi connectivity index (χ1n) is 14.9. The van der Waals surface area contributed by atoms with Crippen molar-refractivity contribution < 1.29 is 10.2 Å². The van der Waals surface area contributed by atoms with Crippen LogP contribution < -0.4 is 10.6 Å². The molecule has 228 valence electrons. The Morgan fingerprint density at radius 2 is 0.818 bits per heavy atom. The van der Waals surface area contributed by atoms with Crippen molar-refractivity contribution in [3.8, 4) is 0 Å². The standard InChI is InChI=1S/C34H40N8O2/c1-5-7-33(43)35-29-17-19-31(23(3)21-29)41-39-27-13-9-25(10-14-27)37-38-26-11-15-28(16-12-26)40-42-32-20-18-30(22-24(32)4)36-34(44)8-6-2/h9-22,33-36,43-44H,5-8H2,1-4H3. The molecule has 0 radical (unpaired) electrons. The van der Waals surface area contributed by atoms with Crippen molar-refractivity contribution in [2.24, 2.45) is 30.7 Å². The van der Waals surface area contributed by atoms with Crippen LogP contribution in [0.25, 0.3) is 0 Å². The summed E-state index contributed by atoms with van der Waals surface area (Å²) in [6, 6.07) is 26.1. The molecule has 10 nitrogen and oxygen atoms in total. The second-order valence-electron chi connectivity index (χ2n) is 10.5. The molecule has 10 heteroatoms. The number of aliphatic hydroxyl groups is 2. The third kappa shape index (κ3) is 9.89. The largest absolute Gasteiger partial charge is 0.374 e. The predicted molar refractivity (Wildman–Crippen MR) is 177 cm³/mol. The highest BCUT2D eigenvalue weighted by atomic mass is 16.3. The van der Waals surface area contributed by atoms with Gasteiger partial charge in [-0.2, -0.15) is 30.7 Å². The highest BCUT2D eigenvalue weighted by Crippen LogP contribution is 2.29. The molecule has 0 heterocycles. The van der Waals surface area contributed by atoms with Crippen molar-refractivity contribution in [3.05, 3.63) is 96.1 Å². The van der Waals surface area contributed by atoms with E-state index >= 15 is 0 Å². The zero-order valence-corrected chi connectivity index (χ0v) is 25.6. The molecule has 44 heavy (non-hydrogen) atoms. The molecular formula is C34H40N8O2. The summed E-state index contributed by atoms with van der Waals surface area (Å²) in [5.41, 5.74) is 7.94. The molecule has 0 aliphatic heterocycles. The van der Waals surface area contributed by atoms with Gasteiger partial charge >= 0.3 is 0 Å². The van der Waals surface area contributed by atoms with Gasteiger partial charge in [0.05, 0.1) is 34.1 Å². The molecule has 0 aromatic heterocycles. The average Bonchev–Trinajstić information content (AvgIpc) is 3.00. The van der Waals surface area contributed by atoms with Crippen molar-refractivity contribution in [3.63, 3.8) is 0 Å². The van der Waals surface area contributed by atoms with Crippen molar-refractivity contribution in [1.82, 2.24) is 0 Å². The summed E-state index contributed by atoms with van der Waals surface area (Å²) in [4.78, 5) is 0. The third-order valence-corrected chi connectivity index (χ3v) is 6.71. The van der Waals surface area contributed by atoms with E-state index in [0.29, 0.717) is 35.6 Å². The summed E-state index contributed by atoms with van der Waals surface area (Å²) in [6.45, 7) is 8.00. The van der Waals surface area contributed by atoms with Gasteiger partial charge in [0.25, 0.3) is 0 Å². The van der Waals surface area contributed by atoms with Crippen LogP contribution in [-0.2, 0) is 0 Å². The number of aliphatic hydroxyl groups excluding tert-OH is 2. The fourth-order valence-corrected chi connectivity index (χ4v) is 4.30. The fraction of sp³-hybridized carbons (Fsp3) is 0.294. The van der Waals surface area contributed by atoms with Crippen LogP contribution in [0.2, 0.25) is 0 Å². The van der Waals surface area contributed by atoms with E-state index in [0.717, 1.165) is 46.7 Å². The molecular weight excluding hydrogens is 552 g/mol. The van der Waals surface area contributed by atoms with Gasteiger partial charge in [0, 0.05) is 11.4 Å². The van der Waals surface area contributed by atoms with Crippen molar-refractivity contribution in [2.45, 2.75) is 65.8 Å². The highest BCUT2D eigenvalue weighted by molar-refractivity contribution is 5.58. The molecule has 4 aromatic carbocycles. The average molecular weight is 593 g/mol. The number of nitrogens with zero attached hydrogens (tertiary/aromatic N) is 6. The van der Waals surface area contributed by atoms with Gasteiger partial charge in [-0.25, -0.2) is 0 Å². The summed E-state index contributed by atoms with van der Waals surface area (Å²) in [5, 5.41) is 52.2. The van der Waals surface area contributed by atoms with E-state index in [1.165, 1.54) is 0 Å². The zero-order chi connectivity index (χ0) is 31.3. The maximum atomic E-state index is 9.97. The molecule has 0 saturated heterocycles. The van der Waals surface area contributed by atoms with Gasteiger partial charge in [-0.05, 0) is 123 Å². The summed E-state index contributed by atoms with van der Waals surface area (Å²) >= 11 is 0. The summed E-state index contributed by atoms with van der Waals surface area (Å²) < 4.78 is 0. The Bertz CT molecular complexity index is 1470. The SMILES string of the molecule is CCCC(O)Nc1ccc(N=Nc2ccc(N=Nc3ccc(N=Nc4ccc(NC(O)CCC)cc4C)cc3)cc2)c(C)c1. The fourth-order valence-electron chi connectivity index (χ4n) is 4.30. The number of hydrogen-bond acceptors (Lipinski definition) is 10. The van der Waals surface area contributed by atoms with Crippen LogP contribution in [0.15, 0.2) is 116 Å². The molecule has 0 aliphatic rings. The maximum Gasteiger partial charge on any atom is 0.124 e. The predicted octanol–water partition coefficient (Wildman–Crippen LogP) is 10.6. The zero-order valence-electron chi connectivity index (χ0n) is 25.6. The van der Waals surface area contributed by atoms with Gasteiger partial charge in [-0.15, -0.1) is 0 Å². The smallest absolute Gasteiger partial charge is 0.124 e. The van der Waals surface area contributed by atoms with E-state index in [1.54, 1.807) is 0 Å². The molecule has 2 unspecified atom stereocenters. The number of hydrogen-bond donors (Lipinski definition) is 4. The molecule has 0 aliphatic carbocycles. The lowest BCUT2D eigenvalue weighted by Crippen LogP contribution is -2.17. The summed E-state index contributed by atoms with van der Waals surface area (Å²) in [6.07, 6.45) is 2.07. The first-order chi connectivity index (χ1) is 21.3. The van der Waals surface area contributed by atoms with Crippen molar-refractivity contribution in [1.29, 1.82) is 0 Å². The van der Waals surface area contributed by atoms with E-state index in [9.17, 15) is 10.2 Å². The Labute approximate surface area is 258 Å². The monoisotopic (exact) mass is 592 g/mol. The van der Waals surface area contributed by atoms with Crippen LogP contribution in [0.1, 0.15) is 50.7 Å². The number of rotatable bonds is 14. The molecule has 0 amide bonds. The Balaban J connectivity index is 1.31. The minimum Gasteiger partial charge on any atom is -0.374 e. The molecule has 2 atom stereocenters. The first-order valence-corrected chi connectivity index (χ1v) is 14.9. The second-order valence-corrected chi connectivity index (χ2v) is 10.5. The lowest BCUT2D eigenvalue weighted by atomic mass is 10.2. The lowest BCUT2D eigenvalue weighted by molar-refractivity contribution is 0.191. The van der Waals surface area contributed by atoms with E-state index < -0.39 is 12.5 Å². The van der Waals surface area contributed by atoms with Crippen molar-refractivity contribution in [2.75, 3.05) is 10.6 Å². The third-order valence-electron chi connectivity index (χ3n) is 6.71. The second kappa shape index (κ2) is 16.2. The molecule has 4 rings (SSSR count). The maximum absolute atomic E-state index is 9.97. The number of anilines is 2. The Morgan fingerprint density at radius 1 is 0.500 bits per heavy atom. The van der Waals surface area contributed by atoms with Gasteiger partial charge < -0.3 is 20.8 Å². The topological polar surface area (TPSA) is 139 Å². The number of nitrogens with one attached hydrogen (secondary N) is 2.